The Balaban J connectivity index is 0.00000254. The van der Waals surface area contributed by atoms with Gasteiger partial charge in [-0.05, 0) is 52.7 Å². The number of allylic oxidation sites excluding steroid dienone is 2. The maximum atomic E-state index is 10.6. The summed E-state index contributed by atoms with van der Waals surface area (Å²) in [5.41, 5.74) is 2.86. The van der Waals surface area contributed by atoms with Gasteiger partial charge in [-0.3, -0.25) is 9.79 Å². The number of rotatable bonds is 7. The molecule has 0 aliphatic heterocycles. The van der Waals surface area contributed by atoms with Gasteiger partial charge < -0.3 is 9.64 Å². The smallest absolute Gasteiger partial charge is 0.142 e. The molecule has 0 radical (unpaired) electrons. The van der Waals surface area contributed by atoms with Gasteiger partial charge in [-0.15, -0.1) is 0 Å². The highest BCUT2D eigenvalue weighted by Gasteiger charge is 2.12. The number of carbonyl (C=O) groups excluding carboxylic acids is 1. The third kappa shape index (κ3) is 6.71. The summed E-state index contributed by atoms with van der Waals surface area (Å²) < 4.78 is 6.21. The Bertz CT molecular complexity index is 608. The van der Waals surface area contributed by atoms with Crippen LogP contribution in [0.2, 0.25) is 0 Å². The number of aldehydes is 1. The highest BCUT2D eigenvalue weighted by molar-refractivity contribution is 9.10. The Kier molecular flexibility index (Phi) is 11.5. The summed E-state index contributed by atoms with van der Waals surface area (Å²) in [6.45, 7) is 6.62. The minimum absolute atomic E-state index is 0.660. The van der Waals surface area contributed by atoms with Crippen molar-refractivity contribution in [1.29, 1.82) is 0 Å². The molecule has 4 nitrogen and oxygen atoms in total. The highest BCUT2D eigenvalue weighted by Crippen LogP contribution is 2.33. The van der Waals surface area contributed by atoms with Crippen LogP contribution in [-0.2, 0) is 4.79 Å². The molecule has 0 atom stereocenters. The molecule has 1 aromatic rings. The molecule has 0 aliphatic rings. The van der Waals surface area contributed by atoms with Crippen LogP contribution in [0.15, 0.2) is 39.8 Å². The molecule has 0 aromatic heterocycles. The SMILES string of the molecule is C/C=C\C(CN(C)c1cc(OC)c(Br)cc1/C=C\C=O)=NC.CC. The molecular formula is C19H27BrN2O2. The lowest BCUT2D eigenvalue weighted by atomic mass is 10.1. The minimum Gasteiger partial charge on any atom is -0.495 e. The van der Waals surface area contributed by atoms with Crippen LogP contribution < -0.4 is 9.64 Å². The number of nitrogens with zero attached hydrogens (tertiary/aromatic N) is 2. The maximum Gasteiger partial charge on any atom is 0.142 e. The van der Waals surface area contributed by atoms with Crippen molar-refractivity contribution in [2.45, 2.75) is 20.8 Å². The van der Waals surface area contributed by atoms with Gasteiger partial charge in [0.05, 0.1) is 23.8 Å². The molecule has 0 unspecified atom stereocenters. The molecule has 0 aliphatic carbocycles. The van der Waals surface area contributed by atoms with E-state index in [0.717, 1.165) is 33.5 Å². The molecule has 132 valence electrons. The van der Waals surface area contributed by atoms with Crippen molar-refractivity contribution in [3.8, 4) is 5.75 Å². The third-order valence-electron chi connectivity index (χ3n) is 3.11. The van der Waals surface area contributed by atoms with E-state index in [-0.39, 0.29) is 0 Å². The molecule has 0 amide bonds. The molecule has 0 N–H and O–H groups in total. The Labute approximate surface area is 154 Å². The molecule has 0 heterocycles. The zero-order valence-electron chi connectivity index (χ0n) is 15.3. The summed E-state index contributed by atoms with van der Waals surface area (Å²) in [5, 5.41) is 0. The topological polar surface area (TPSA) is 41.9 Å². The molecule has 24 heavy (non-hydrogen) atoms. The predicted molar refractivity (Wildman–Crippen MR) is 109 cm³/mol. The Morgan fingerprint density at radius 3 is 2.54 bits per heavy atom. The lowest BCUT2D eigenvalue weighted by Gasteiger charge is -2.23. The Hall–Kier alpha value is -1.88. The van der Waals surface area contributed by atoms with Crippen molar-refractivity contribution in [3.05, 3.63) is 40.4 Å². The summed E-state index contributed by atoms with van der Waals surface area (Å²) in [6.07, 6.45) is 7.97. The Morgan fingerprint density at radius 1 is 1.38 bits per heavy atom. The Morgan fingerprint density at radius 2 is 2.04 bits per heavy atom. The van der Waals surface area contributed by atoms with E-state index in [2.05, 4.69) is 25.8 Å². The first-order chi connectivity index (χ1) is 11.6. The van der Waals surface area contributed by atoms with E-state index < -0.39 is 0 Å². The lowest BCUT2D eigenvalue weighted by molar-refractivity contribution is -0.104. The van der Waals surface area contributed by atoms with Gasteiger partial charge in [-0.1, -0.05) is 19.9 Å². The van der Waals surface area contributed by atoms with Gasteiger partial charge in [0, 0.05) is 25.8 Å². The van der Waals surface area contributed by atoms with E-state index in [1.165, 1.54) is 6.08 Å². The van der Waals surface area contributed by atoms with Crippen LogP contribution in [-0.4, -0.2) is 39.7 Å². The normalized spacial score (nSPS) is 11.4. The molecule has 0 saturated heterocycles. The average molecular weight is 395 g/mol. The van der Waals surface area contributed by atoms with E-state index in [9.17, 15) is 4.79 Å². The van der Waals surface area contributed by atoms with E-state index >= 15 is 0 Å². The summed E-state index contributed by atoms with van der Waals surface area (Å²) in [4.78, 5) is 17.0. The van der Waals surface area contributed by atoms with Crippen molar-refractivity contribution < 1.29 is 9.53 Å². The summed E-state index contributed by atoms with van der Waals surface area (Å²) >= 11 is 3.47. The number of anilines is 1. The lowest BCUT2D eigenvalue weighted by Crippen LogP contribution is -2.25. The largest absolute Gasteiger partial charge is 0.495 e. The number of ether oxygens (including phenoxy) is 1. The number of carbonyl (C=O) groups is 1. The number of hydrogen-bond acceptors (Lipinski definition) is 4. The predicted octanol–water partition coefficient (Wildman–Crippen LogP) is 4.78. The van der Waals surface area contributed by atoms with Crippen LogP contribution in [0.3, 0.4) is 0 Å². The molecular weight excluding hydrogens is 368 g/mol. The standard InChI is InChI=1S/C17H21BrN2O2.C2H6/c1-5-7-14(19-2)12-20(3)16-11-17(22-4)15(18)10-13(16)8-6-9-21;1-2/h5-11H,12H2,1-4H3;1-2H3/b7-5-,8-6-,19-14?;. The van der Waals surface area contributed by atoms with Crippen LogP contribution in [0.4, 0.5) is 5.69 Å². The van der Waals surface area contributed by atoms with Gasteiger partial charge in [0.15, 0.2) is 0 Å². The fraction of sp³-hybridized carbons (Fsp3) is 0.368. The van der Waals surface area contributed by atoms with Crippen LogP contribution in [0, 0.1) is 0 Å². The molecule has 0 saturated carbocycles. The highest BCUT2D eigenvalue weighted by atomic mass is 79.9. The second-order valence-electron chi connectivity index (χ2n) is 4.61. The van der Waals surface area contributed by atoms with E-state index in [1.54, 1.807) is 20.2 Å². The number of hydrogen-bond donors (Lipinski definition) is 0. The number of methoxy groups -OCH3 is 1. The van der Waals surface area contributed by atoms with Gasteiger partial charge in [0.1, 0.15) is 12.0 Å². The fourth-order valence-electron chi connectivity index (χ4n) is 2.04. The zero-order chi connectivity index (χ0) is 18.5. The maximum absolute atomic E-state index is 10.6. The van der Waals surface area contributed by atoms with Crippen LogP contribution in [0.25, 0.3) is 6.08 Å². The zero-order valence-corrected chi connectivity index (χ0v) is 16.9. The van der Waals surface area contributed by atoms with E-state index in [4.69, 9.17) is 4.74 Å². The molecule has 1 aromatic carbocycles. The van der Waals surface area contributed by atoms with Gasteiger partial charge in [0.2, 0.25) is 0 Å². The van der Waals surface area contributed by atoms with Crippen molar-refractivity contribution in [1.82, 2.24) is 0 Å². The van der Waals surface area contributed by atoms with Crippen molar-refractivity contribution in [2.75, 3.05) is 32.6 Å². The van der Waals surface area contributed by atoms with Gasteiger partial charge in [-0.25, -0.2) is 0 Å². The van der Waals surface area contributed by atoms with Crippen molar-refractivity contribution >= 4 is 39.7 Å². The first-order valence-corrected chi connectivity index (χ1v) is 8.65. The first-order valence-electron chi connectivity index (χ1n) is 7.86. The monoisotopic (exact) mass is 394 g/mol. The van der Waals surface area contributed by atoms with Gasteiger partial charge >= 0.3 is 0 Å². The van der Waals surface area contributed by atoms with Crippen LogP contribution >= 0.6 is 15.9 Å². The summed E-state index contributed by atoms with van der Waals surface area (Å²) in [7, 11) is 5.39. The van der Waals surface area contributed by atoms with Crippen LogP contribution in [0.1, 0.15) is 26.3 Å². The summed E-state index contributed by atoms with van der Waals surface area (Å²) in [5.74, 6) is 0.742. The molecule has 0 fully saturated rings. The number of benzene rings is 1. The third-order valence-corrected chi connectivity index (χ3v) is 3.73. The molecule has 5 heteroatoms. The van der Waals surface area contributed by atoms with Crippen LogP contribution in [0.5, 0.6) is 5.75 Å². The fourth-order valence-corrected chi connectivity index (χ4v) is 2.56. The van der Waals surface area contributed by atoms with Gasteiger partial charge in [0.25, 0.3) is 0 Å². The first kappa shape index (κ1) is 22.1. The number of halogens is 1. The second kappa shape index (κ2) is 12.5. The molecule has 0 bridgehead atoms. The van der Waals surface area contributed by atoms with Gasteiger partial charge in [-0.2, -0.15) is 0 Å². The molecule has 1 rings (SSSR count). The second-order valence-corrected chi connectivity index (χ2v) is 5.47. The quantitative estimate of drug-likeness (QED) is 0.379. The summed E-state index contributed by atoms with van der Waals surface area (Å²) in [6, 6.07) is 3.88. The average Bonchev–Trinajstić information content (AvgIpc) is 2.61. The molecule has 0 spiro atoms. The van der Waals surface area contributed by atoms with Crippen molar-refractivity contribution in [3.63, 3.8) is 0 Å². The van der Waals surface area contributed by atoms with E-state index in [0.29, 0.717) is 6.54 Å². The number of aliphatic imine (C=N–C) groups is 1. The van der Waals surface area contributed by atoms with E-state index in [1.807, 2.05) is 52.1 Å². The minimum atomic E-state index is 0.660. The van der Waals surface area contributed by atoms with Crippen molar-refractivity contribution in [2.24, 2.45) is 4.99 Å².